The molecule has 0 aromatic heterocycles. The van der Waals surface area contributed by atoms with E-state index in [2.05, 4.69) is 0 Å². The Labute approximate surface area is 138 Å². The standard InChI is InChI=1S/C15H13ClN2OS2/c1-19-12-6-4-10(5-7-12)13(11(8-17)9-18)14(16)15(20-2)21-3/h4-7H,1-3H3. The van der Waals surface area contributed by atoms with Crippen molar-refractivity contribution < 1.29 is 4.74 Å². The summed E-state index contributed by atoms with van der Waals surface area (Å²) in [4.78, 5) is 0. The highest BCUT2D eigenvalue weighted by Crippen LogP contribution is 2.39. The maximum Gasteiger partial charge on any atom is 0.139 e. The number of halogens is 1. The molecule has 0 N–H and O–H groups in total. The molecule has 0 aliphatic rings. The smallest absolute Gasteiger partial charge is 0.139 e. The minimum Gasteiger partial charge on any atom is -0.497 e. The first-order chi connectivity index (χ1) is 10.1. The fourth-order valence-corrected chi connectivity index (χ4v) is 3.54. The predicted molar refractivity (Wildman–Crippen MR) is 91.0 cm³/mol. The average molecular weight is 337 g/mol. The molecule has 1 aromatic carbocycles. The van der Waals surface area contributed by atoms with E-state index in [9.17, 15) is 10.5 Å². The fraction of sp³-hybridized carbons (Fsp3) is 0.200. The van der Waals surface area contributed by atoms with Crippen molar-refractivity contribution in [3.63, 3.8) is 0 Å². The van der Waals surface area contributed by atoms with Crippen molar-refractivity contribution >= 4 is 40.7 Å². The maximum absolute atomic E-state index is 9.18. The summed E-state index contributed by atoms with van der Waals surface area (Å²) in [5.41, 5.74) is 1.15. The van der Waals surface area contributed by atoms with Gasteiger partial charge in [0.2, 0.25) is 0 Å². The van der Waals surface area contributed by atoms with Crippen LogP contribution in [0.2, 0.25) is 0 Å². The van der Waals surface area contributed by atoms with Crippen LogP contribution >= 0.6 is 35.1 Å². The van der Waals surface area contributed by atoms with Gasteiger partial charge >= 0.3 is 0 Å². The number of nitrogens with zero attached hydrogens (tertiary/aromatic N) is 2. The molecule has 3 nitrogen and oxygen atoms in total. The van der Waals surface area contributed by atoms with Crippen molar-refractivity contribution in [1.29, 1.82) is 10.5 Å². The van der Waals surface area contributed by atoms with E-state index in [1.54, 1.807) is 31.4 Å². The number of thioether (sulfide) groups is 2. The highest BCUT2D eigenvalue weighted by Gasteiger charge is 2.16. The lowest BCUT2D eigenvalue weighted by Gasteiger charge is -2.11. The monoisotopic (exact) mass is 336 g/mol. The molecule has 21 heavy (non-hydrogen) atoms. The summed E-state index contributed by atoms with van der Waals surface area (Å²) >= 11 is 9.38. The number of allylic oxidation sites excluding steroid dienone is 3. The SMILES string of the molecule is COc1ccc(C(=C(C#N)C#N)C(Cl)=C(SC)SC)cc1. The summed E-state index contributed by atoms with van der Waals surface area (Å²) < 4.78 is 5.97. The largest absolute Gasteiger partial charge is 0.497 e. The van der Waals surface area contributed by atoms with Gasteiger partial charge in [0.05, 0.1) is 16.4 Å². The third-order valence-corrected chi connectivity index (χ3v) is 5.37. The topological polar surface area (TPSA) is 56.8 Å². The number of benzene rings is 1. The van der Waals surface area contributed by atoms with Gasteiger partial charge in [-0.1, -0.05) is 23.7 Å². The molecule has 0 unspecified atom stereocenters. The Balaban J connectivity index is 3.56. The first-order valence-electron chi connectivity index (χ1n) is 5.79. The zero-order valence-corrected chi connectivity index (χ0v) is 14.2. The fourth-order valence-electron chi connectivity index (χ4n) is 1.64. The molecule has 1 rings (SSSR count). The van der Waals surface area contributed by atoms with E-state index in [4.69, 9.17) is 16.3 Å². The van der Waals surface area contributed by atoms with Crippen LogP contribution in [-0.4, -0.2) is 19.6 Å². The van der Waals surface area contributed by atoms with Gasteiger partial charge in [0.25, 0.3) is 0 Å². The molecule has 0 fully saturated rings. The van der Waals surface area contributed by atoms with Crippen LogP contribution in [0.15, 0.2) is 39.1 Å². The molecule has 0 radical (unpaired) electrons. The van der Waals surface area contributed by atoms with Crippen LogP contribution in [0.4, 0.5) is 0 Å². The van der Waals surface area contributed by atoms with Crippen molar-refractivity contribution in [1.82, 2.24) is 0 Å². The molecule has 0 atom stereocenters. The normalized spacial score (nSPS) is 9.24. The Morgan fingerprint density at radius 3 is 2.00 bits per heavy atom. The van der Waals surface area contributed by atoms with Crippen LogP contribution in [0.5, 0.6) is 5.75 Å². The van der Waals surface area contributed by atoms with E-state index in [1.807, 2.05) is 24.6 Å². The van der Waals surface area contributed by atoms with Crippen molar-refractivity contribution in [3.05, 3.63) is 44.7 Å². The number of ether oxygens (including phenoxy) is 1. The van der Waals surface area contributed by atoms with Crippen LogP contribution in [-0.2, 0) is 0 Å². The Morgan fingerprint density at radius 1 is 1.10 bits per heavy atom. The zero-order chi connectivity index (χ0) is 15.8. The Kier molecular flexibility index (Phi) is 7.25. The van der Waals surface area contributed by atoms with Crippen molar-refractivity contribution in [2.24, 2.45) is 0 Å². The van der Waals surface area contributed by atoms with Crippen molar-refractivity contribution in [3.8, 4) is 17.9 Å². The third-order valence-electron chi connectivity index (χ3n) is 2.62. The number of rotatable bonds is 5. The summed E-state index contributed by atoms with van der Waals surface area (Å²) in [5, 5.41) is 18.8. The molecule has 6 heteroatoms. The molecule has 108 valence electrons. The molecule has 0 spiro atoms. The number of methoxy groups -OCH3 is 1. The van der Waals surface area contributed by atoms with Gasteiger partial charge in [0.15, 0.2) is 0 Å². The molecule has 0 bridgehead atoms. The van der Waals surface area contributed by atoms with Crippen molar-refractivity contribution in [2.45, 2.75) is 0 Å². The lowest BCUT2D eigenvalue weighted by atomic mass is 10.0. The summed E-state index contributed by atoms with van der Waals surface area (Å²) in [6, 6.07) is 10.9. The van der Waals surface area contributed by atoms with Crippen LogP contribution in [0, 0.1) is 22.7 Å². The quantitative estimate of drug-likeness (QED) is 0.579. The van der Waals surface area contributed by atoms with Gasteiger partial charge < -0.3 is 4.74 Å². The highest BCUT2D eigenvalue weighted by molar-refractivity contribution is 8.21. The van der Waals surface area contributed by atoms with Crippen LogP contribution in [0.3, 0.4) is 0 Å². The highest BCUT2D eigenvalue weighted by atomic mass is 35.5. The number of nitriles is 2. The van der Waals surface area contributed by atoms with Gasteiger partial charge in [0, 0.05) is 5.57 Å². The van der Waals surface area contributed by atoms with E-state index in [1.165, 1.54) is 23.5 Å². The lowest BCUT2D eigenvalue weighted by Crippen LogP contribution is -1.93. The second kappa shape index (κ2) is 8.69. The number of hydrogen-bond acceptors (Lipinski definition) is 5. The maximum atomic E-state index is 9.18. The molecule has 0 aliphatic carbocycles. The third kappa shape index (κ3) is 4.22. The second-order valence-corrected chi connectivity index (χ2v) is 5.98. The van der Waals surface area contributed by atoms with Crippen LogP contribution < -0.4 is 4.74 Å². The first-order valence-corrected chi connectivity index (χ1v) is 8.62. The van der Waals surface area contributed by atoms with Crippen LogP contribution in [0.1, 0.15) is 5.56 Å². The van der Waals surface area contributed by atoms with Gasteiger partial charge in [-0.3, -0.25) is 0 Å². The predicted octanol–water partition coefficient (Wildman–Crippen LogP) is 4.63. The van der Waals surface area contributed by atoms with Gasteiger partial charge in [-0.25, -0.2) is 0 Å². The summed E-state index contributed by atoms with van der Waals surface area (Å²) in [7, 11) is 1.58. The molecular formula is C15H13ClN2OS2. The molecule has 0 aliphatic heterocycles. The summed E-state index contributed by atoms with van der Waals surface area (Å²) in [6.45, 7) is 0. The minimum absolute atomic E-state index is 0.00855. The van der Waals surface area contributed by atoms with E-state index in [-0.39, 0.29) is 5.57 Å². The molecule has 0 heterocycles. The molecule has 0 amide bonds. The molecule has 0 saturated heterocycles. The van der Waals surface area contributed by atoms with E-state index in [0.29, 0.717) is 21.9 Å². The molecular weight excluding hydrogens is 324 g/mol. The van der Waals surface area contributed by atoms with Gasteiger partial charge in [-0.05, 0) is 30.2 Å². The Hall–Kier alpha value is -1.53. The lowest BCUT2D eigenvalue weighted by molar-refractivity contribution is 0.415. The first kappa shape index (κ1) is 17.5. The van der Waals surface area contributed by atoms with Gasteiger partial charge in [-0.15, -0.1) is 23.5 Å². The van der Waals surface area contributed by atoms with Gasteiger partial charge in [-0.2, -0.15) is 10.5 Å². The Morgan fingerprint density at radius 2 is 1.62 bits per heavy atom. The Bertz CT molecular complexity index is 630. The van der Waals surface area contributed by atoms with Crippen LogP contribution in [0.25, 0.3) is 5.57 Å². The van der Waals surface area contributed by atoms with E-state index < -0.39 is 0 Å². The molecule has 0 saturated carbocycles. The van der Waals surface area contributed by atoms with Crippen molar-refractivity contribution in [2.75, 3.05) is 19.6 Å². The second-order valence-electron chi connectivity index (χ2n) is 3.71. The van der Waals surface area contributed by atoms with Gasteiger partial charge in [0.1, 0.15) is 23.5 Å². The zero-order valence-electron chi connectivity index (χ0n) is 11.8. The summed E-state index contributed by atoms with van der Waals surface area (Å²) in [6.07, 6.45) is 3.80. The minimum atomic E-state index is -0.00855. The number of hydrogen-bond donors (Lipinski definition) is 0. The average Bonchev–Trinajstić information content (AvgIpc) is 2.53. The van der Waals surface area contributed by atoms with E-state index in [0.717, 1.165) is 4.24 Å². The summed E-state index contributed by atoms with van der Waals surface area (Å²) in [5.74, 6) is 0.698. The molecule has 1 aromatic rings. The van der Waals surface area contributed by atoms with E-state index >= 15 is 0 Å².